The highest BCUT2D eigenvalue weighted by Crippen LogP contribution is 2.24. The number of halogens is 1. The van der Waals surface area contributed by atoms with Crippen molar-refractivity contribution in [2.24, 2.45) is 5.73 Å². The lowest BCUT2D eigenvalue weighted by molar-refractivity contribution is 0.154. The molecule has 0 atom stereocenters. The normalized spacial score (nSPS) is 10.6. The highest BCUT2D eigenvalue weighted by molar-refractivity contribution is 9.10. The molecular formula is C13H21BrN2O. The van der Waals surface area contributed by atoms with Crippen LogP contribution in [0.4, 0.5) is 5.69 Å². The van der Waals surface area contributed by atoms with E-state index in [4.69, 9.17) is 10.5 Å². The molecule has 2 N–H and O–H groups in total. The van der Waals surface area contributed by atoms with Crippen LogP contribution in [-0.2, 0) is 11.3 Å². The lowest BCUT2D eigenvalue weighted by atomic mass is 10.1. The summed E-state index contributed by atoms with van der Waals surface area (Å²) in [7, 11) is 0. The molecule has 0 aliphatic carbocycles. The summed E-state index contributed by atoms with van der Waals surface area (Å²) in [5.41, 5.74) is 8.15. The summed E-state index contributed by atoms with van der Waals surface area (Å²) in [6.07, 6.45) is 0. The molecule has 1 rings (SSSR count). The third-order valence-electron chi connectivity index (χ3n) is 2.70. The zero-order valence-electron chi connectivity index (χ0n) is 10.6. The second-order valence-electron chi connectivity index (χ2n) is 3.75. The van der Waals surface area contributed by atoms with Crippen molar-refractivity contribution in [3.05, 3.63) is 28.2 Å². The van der Waals surface area contributed by atoms with Crippen LogP contribution in [0.15, 0.2) is 22.7 Å². The van der Waals surface area contributed by atoms with E-state index in [1.165, 1.54) is 11.3 Å². The van der Waals surface area contributed by atoms with Gasteiger partial charge >= 0.3 is 0 Å². The minimum Gasteiger partial charge on any atom is -0.380 e. The second-order valence-corrected chi connectivity index (χ2v) is 4.67. The molecule has 1 aromatic rings. The van der Waals surface area contributed by atoms with Gasteiger partial charge in [0.05, 0.1) is 6.61 Å². The minimum atomic E-state index is 0.563. The van der Waals surface area contributed by atoms with Gasteiger partial charge in [0.2, 0.25) is 0 Å². The summed E-state index contributed by atoms with van der Waals surface area (Å²) in [4.78, 5) is 2.29. The maximum absolute atomic E-state index is 5.77. The minimum absolute atomic E-state index is 0.563. The summed E-state index contributed by atoms with van der Waals surface area (Å²) in [5.74, 6) is 0. The van der Waals surface area contributed by atoms with E-state index >= 15 is 0 Å². The molecule has 0 amide bonds. The first-order valence-electron chi connectivity index (χ1n) is 6.04. The topological polar surface area (TPSA) is 38.5 Å². The van der Waals surface area contributed by atoms with Crippen molar-refractivity contribution in [2.45, 2.75) is 20.4 Å². The van der Waals surface area contributed by atoms with Gasteiger partial charge in [-0.1, -0.05) is 22.0 Å². The Morgan fingerprint density at radius 2 is 2.12 bits per heavy atom. The fourth-order valence-electron chi connectivity index (χ4n) is 1.77. The van der Waals surface area contributed by atoms with Crippen molar-refractivity contribution in [3.63, 3.8) is 0 Å². The predicted molar refractivity (Wildman–Crippen MR) is 76.4 cm³/mol. The SMILES string of the molecule is CCOCCN(CC)c1cc(Br)ccc1CN. The highest BCUT2D eigenvalue weighted by Gasteiger charge is 2.09. The molecule has 0 saturated heterocycles. The van der Waals surface area contributed by atoms with Gasteiger partial charge in [-0.05, 0) is 31.5 Å². The molecule has 1 aromatic carbocycles. The number of rotatable bonds is 7. The summed E-state index contributed by atoms with van der Waals surface area (Å²) in [5, 5.41) is 0. The first-order chi connectivity index (χ1) is 8.22. The van der Waals surface area contributed by atoms with Crippen LogP contribution in [0.5, 0.6) is 0 Å². The molecule has 0 heterocycles. The number of likely N-dealkylation sites (N-methyl/N-ethyl adjacent to an activating group) is 1. The van der Waals surface area contributed by atoms with E-state index in [2.05, 4.69) is 39.9 Å². The molecule has 17 heavy (non-hydrogen) atoms. The Kier molecular flexibility index (Phi) is 6.55. The Balaban J connectivity index is 2.82. The molecule has 0 aliphatic rings. The van der Waals surface area contributed by atoms with Gasteiger partial charge in [-0.25, -0.2) is 0 Å². The number of nitrogens with two attached hydrogens (primary N) is 1. The summed E-state index contributed by atoms with van der Waals surface area (Å²) in [6, 6.07) is 6.22. The standard InChI is InChI=1S/C13H21BrN2O/c1-3-16(7-8-17-4-2)13-9-12(14)6-5-11(13)10-15/h5-6,9H,3-4,7-8,10,15H2,1-2H3. The van der Waals surface area contributed by atoms with Crippen LogP contribution < -0.4 is 10.6 Å². The van der Waals surface area contributed by atoms with Gasteiger partial charge in [-0.15, -0.1) is 0 Å². The predicted octanol–water partition coefficient (Wildman–Crippen LogP) is 2.77. The van der Waals surface area contributed by atoms with E-state index in [0.717, 1.165) is 30.8 Å². The monoisotopic (exact) mass is 300 g/mol. The van der Waals surface area contributed by atoms with E-state index in [-0.39, 0.29) is 0 Å². The fourth-order valence-corrected chi connectivity index (χ4v) is 2.12. The lowest BCUT2D eigenvalue weighted by Crippen LogP contribution is -2.28. The average Bonchev–Trinajstić information content (AvgIpc) is 2.35. The Morgan fingerprint density at radius 3 is 2.71 bits per heavy atom. The van der Waals surface area contributed by atoms with Crippen LogP contribution in [0.2, 0.25) is 0 Å². The molecule has 96 valence electrons. The molecule has 0 aromatic heterocycles. The maximum Gasteiger partial charge on any atom is 0.0641 e. The van der Waals surface area contributed by atoms with E-state index in [1.807, 2.05) is 13.0 Å². The number of anilines is 1. The van der Waals surface area contributed by atoms with Gasteiger partial charge in [-0.2, -0.15) is 0 Å². The van der Waals surface area contributed by atoms with Crippen molar-refractivity contribution in [3.8, 4) is 0 Å². The summed E-state index contributed by atoms with van der Waals surface area (Å²) < 4.78 is 6.49. The number of benzene rings is 1. The molecular weight excluding hydrogens is 280 g/mol. The molecule has 0 bridgehead atoms. The smallest absolute Gasteiger partial charge is 0.0641 e. The highest BCUT2D eigenvalue weighted by atomic mass is 79.9. The molecule has 4 heteroatoms. The van der Waals surface area contributed by atoms with Gasteiger partial charge < -0.3 is 15.4 Å². The van der Waals surface area contributed by atoms with E-state index in [9.17, 15) is 0 Å². The third kappa shape index (κ3) is 4.30. The third-order valence-corrected chi connectivity index (χ3v) is 3.19. The van der Waals surface area contributed by atoms with Gasteiger partial charge in [0.1, 0.15) is 0 Å². The van der Waals surface area contributed by atoms with Crippen LogP contribution in [0.1, 0.15) is 19.4 Å². The second kappa shape index (κ2) is 7.69. The molecule has 0 saturated carbocycles. The van der Waals surface area contributed by atoms with Crippen molar-refractivity contribution in [1.29, 1.82) is 0 Å². The van der Waals surface area contributed by atoms with Crippen molar-refractivity contribution < 1.29 is 4.74 Å². The van der Waals surface area contributed by atoms with Crippen LogP contribution in [-0.4, -0.2) is 26.3 Å². The van der Waals surface area contributed by atoms with Gasteiger partial charge in [0, 0.05) is 36.4 Å². The van der Waals surface area contributed by atoms with Crippen molar-refractivity contribution >= 4 is 21.6 Å². The molecule has 0 radical (unpaired) electrons. The molecule has 0 fully saturated rings. The maximum atomic E-state index is 5.77. The molecule has 3 nitrogen and oxygen atoms in total. The zero-order valence-corrected chi connectivity index (χ0v) is 12.2. The fraction of sp³-hybridized carbons (Fsp3) is 0.538. The van der Waals surface area contributed by atoms with Gasteiger partial charge in [0.15, 0.2) is 0 Å². The summed E-state index contributed by atoms with van der Waals surface area (Å²) in [6.45, 7) is 8.09. The van der Waals surface area contributed by atoms with Crippen LogP contribution >= 0.6 is 15.9 Å². The number of ether oxygens (including phenoxy) is 1. The Labute approximate surface area is 112 Å². The quantitative estimate of drug-likeness (QED) is 0.787. The molecule has 0 spiro atoms. The largest absolute Gasteiger partial charge is 0.380 e. The Bertz CT molecular complexity index is 344. The van der Waals surface area contributed by atoms with Gasteiger partial charge in [0.25, 0.3) is 0 Å². The molecule has 0 aliphatic heterocycles. The van der Waals surface area contributed by atoms with Crippen LogP contribution in [0.3, 0.4) is 0 Å². The first-order valence-corrected chi connectivity index (χ1v) is 6.83. The zero-order chi connectivity index (χ0) is 12.7. The van der Waals surface area contributed by atoms with Crippen molar-refractivity contribution in [1.82, 2.24) is 0 Å². The average molecular weight is 301 g/mol. The van der Waals surface area contributed by atoms with Crippen molar-refractivity contribution in [2.75, 3.05) is 31.2 Å². The van der Waals surface area contributed by atoms with E-state index in [1.54, 1.807) is 0 Å². The number of hydrogen-bond donors (Lipinski definition) is 1. The van der Waals surface area contributed by atoms with E-state index < -0.39 is 0 Å². The number of nitrogens with zero attached hydrogens (tertiary/aromatic N) is 1. The Morgan fingerprint density at radius 1 is 1.35 bits per heavy atom. The summed E-state index contributed by atoms with van der Waals surface area (Å²) >= 11 is 3.51. The molecule has 0 unspecified atom stereocenters. The van der Waals surface area contributed by atoms with Gasteiger partial charge in [-0.3, -0.25) is 0 Å². The Hall–Kier alpha value is -0.580. The van der Waals surface area contributed by atoms with E-state index in [0.29, 0.717) is 6.54 Å². The van der Waals surface area contributed by atoms with Crippen LogP contribution in [0, 0.1) is 0 Å². The number of hydrogen-bond acceptors (Lipinski definition) is 3. The first kappa shape index (κ1) is 14.5. The van der Waals surface area contributed by atoms with Crippen LogP contribution in [0.25, 0.3) is 0 Å². The lowest BCUT2D eigenvalue weighted by Gasteiger charge is -2.25.